The van der Waals surface area contributed by atoms with Crippen molar-refractivity contribution in [3.05, 3.63) is 29.8 Å². The number of hydrogen-bond acceptors (Lipinski definition) is 3. The fraction of sp³-hybridized carbons (Fsp3) is 0.500. The molecule has 0 fully saturated rings. The molecule has 0 aliphatic heterocycles. The molecule has 2 N–H and O–H groups in total. The van der Waals surface area contributed by atoms with E-state index in [0.717, 1.165) is 12.1 Å². The summed E-state index contributed by atoms with van der Waals surface area (Å²) in [7, 11) is 0. The molecule has 20 heavy (non-hydrogen) atoms. The van der Waals surface area contributed by atoms with Gasteiger partial charge in [0.05, 0.1) is 6.54 Å². The van der Waals surface area contributed by atoms with Gasteiger partial charge < -0.3 is 10.4 Å². The Labute approximate surface area is 117 Å². The topological polar surface area (TPSA) is 52.6 Å². The minimum Gasteiger partial charge on any atom is -0.396 e. The molecule has 1 amide bonds. The number of para-hydroxylation sites is 1. The number of nitrogens with one attached hydrogen (secondary N) is 1. The molecule has 0 aliphatic carbocycles. The Morgan fingerprint density at radius 1 is 1.35 bits per heavy atom. The van der Waals surface area contributed by atoms with Gasteiger partial charge in [0.1, 0.15) is 17.3 Å². The van der Waals surface area contributed by atoms with Gasteiger partial charge in [0.25, 0.3) is 0 Å². The van der Waals surface area contributed by atoms with Crippen molar-refractivity contribution in [2.24, 2.45) is 0 Å². The third kappa shape index (κ3) is 4.86. The zero-order chi connectivity index (χ0) is 15.1. The number of nitrogens with zero attached hydrogens (tertiary/aromatic N) is 1. The second kappa shape index (κ2) is 7.91. The van der Waals surface area contributed by atoms with Crippen LogP contribution >= 0.6 is 0 Å². The van der Waals surface area contributed by atoms with Gasteiger partial charge in [-0.3, -0.25) is 9.69 Å². The summed E-state index contributed by atoms with van der Waals surface area (Å²) in [5.74, 6) is -2.09. The minimum atomic E-state index is -0.801. The van der Waals surface area contributed by atoms with Crippen LogP contribution in [0.2, 0.25) is 0 Å². The highest BCUT2D eigenvalue weighted by Gasteiger charge is 2.16. The Kier molecular flexibility index (Phi) is 6.54. The average molecular weight is 286 g/mol. The van der Waals surface area contributed by atoms with Crippen LogP contribution in [0.5, 0.6) is 0 Å². The van der Waals surface area contributed by atoms with Crippen LogP contribution in [0.15, 0.2) is 18.2 Å². The van der Waals surface area contributed by atoms with Gasteiger partial charge in [-0.1, -0.05) is 6.07 Å². The Bertz CT molecular complexity index is 433. The van der Waals surface area contributed by atoms with E-state index in [1.54, 1.807) is 0 Å². The van der Waals surface area contributed by atoms with E-state index in [-0.39, 0.29) is 19.2 Å². The number of aliphatic hydroxyl groups is 1. The molecule has 0 saturated carbocycles. The number of amides is 1. The van der Waals surface area contributed by atoms with E-state index in [1.807, 2.05) is 18.7 Å². The largest absolute Gasteiger partial charge is 0.396 e. The maximum absolute atomic E-state index is 13.4. The molecular weight excluding hydrogens is 266 g/mol. The van der Waals surface area contributed by atoms with Crippen LogP contribution in [0.1, 0.15) is 20.3 Å². The summed E-state index contributed by atoms with van der Waals surface area (Å²) in [5, 5.41) is 11.1. The number of benzene rings is 1. The van der Waals surface area contributed by atoms with Crippen LogP contribution in [0.25, 0.3) is 0 Å². The quantitative estimate of drug-likeness (QED) is 0.806. The van der Waals surface area contributed by atoms with Gasteiger partial charge in [-0.25, -0.2) is 8.78 Å². The second-order valence-electron chi connectivity index (χ2n) is 4.79. The smallest absolute Gasteiger partial charge is 0.238 e. The van der Waals surface area contributed by atoms with E-state index in [0.29, 0.717) is 13.0 Å². The highest BCUT2D eigenvalue weighted by Crippen LogP contribution is 2.17. The molecule has 1 aromatic carbocycles. The number of carbonyl (C=O) groups is 1. The molecule has 112 valence electrons. The third-order valence-electron chi connectivity index (χ3n) is 2.91. The van der Waals surface area contributed by atoms with Gasteiger partial charge in [-0.05, 0) is 32.4 Å². The normalized spacial score (nSPS) is 11.2. The highest BCUT2D eigenvalue weighted by atomic mass is 19.1. The summed E-state index contributed by atoms with van der Waals surface area (Å²) in [4.78, 5) is 13.7. The minimum absolute atomic E-state index is 0.0193. The van der Waals surface area contributed by atoms with Crippen molar-refractivity contribution in [1.29, 1.82) is 0 Å². The van der Waals surface area contributed by atoms with Gasteiger partial charge in [-0.2, -0.15) is 0 Å². The van der Waals surface area contributed by atoms with Crippen molar-refractivity contribution in [3.63, 3.8) is 0 Å². The predicted molar refractivity (Wildman–Crippen MR) is 73.4 cm³/mol. The molecule has 0 aliphatic rings. The molecule has 4 nitrogen and oxygen atoms in total. The molecule has 6 heteroatoms. The van der Waals surface area contributed by atoms with Crippen molar-refractivity contribution < 1.29 is 18.7 Å². The summed E-state index contributed by atoms with van der Waals surface area (Å²) in [6.07, 6.45) is 0.541. The lowest BCUT2D eigenvalue weighted by molar-refractivity contribution is -0.117. The maximum atomic E-state index is 13.4. The van der Waals surface area contributed by atoms with Gasteiger partial charge >= 0.3 is 0 Å². The molecule has 0 unspecified atom stereocenters. The van der Waals surface area contributed by atoms with Crippen molar-refractivity contribution in [2.45, 2.75) is 26.3 Å². The summed E-state index contributed by atoms with van der Waals surface area (Å²) < 4.78 is 26.8. The Hall–Kier alpha value is -1.53. The fourth-order valence-electron chi connectivity index (χ4n) is 1.77. The van der Waals surface area contributed by atoms with Crippen LogP contribution in [-0.4, -0.2) is 41.7 Å². The van der Waals surface area contributed by atoms with E-state index in [4.69, 9.17) is 5.11 Å². The average Bonchev–Trinajstić information content (AvgIpc) is 2.38. The Morgan fingerprint density at radius 2 is 1.95 bits per heavy atom. The summed E-state index contributed by atoms with van der Waals surface area (Å²) in [5.41, 5.74) is -0.427. The summed E-state index contributed by atoms with van der Waals surface area (Å²) >= 11 is 0. The van der Waals surface area contributed by atoms with E-state index in [1.165, 1.54) is 6.07 Å². The van der Waals surface area contributed by atoms with E-state index < -0.39 is 23.2 Å². The lowest BCUT2D eigenvalue weighted by Gasteiger charge is -2.25. The fourth-order valence-corrected chi connectivity index (χ4v) is 1.77. The Balaban J connectivity index is 2.66. The number of hydrogen-bond donors (Lipinski definition) is 2. The van der Waals surface area contributed by atoms with Crippen molar-refractivity contribution in [3.8, 4) is 0 Å². The number of halogens is 2. The third-order valence-corrected chi connectivity index (χ3v) is 2.91. The lowest BCUT2D eigenvalue weighted by atomic mass is 10.2. The van der Waals surface area contributed by atoms with Gasteiger partial charge in [0.15, 0.2) is 0 Å². The highest BCUT2D eigenvalue weighted by molar-refractivity contribution is 5.92. The molecule has 0 spiro atoms. The van der Waals surface area contributed by atoms with Crippen molar-refractivity contribution >= 4 is 11.6 Å². The summed E-state index contributed by atoms with van der Waals surface area (Å²) in [6.45, 7) is 4.42. The zero-order valence-electron chi connectivity index (χ0n) is 11.7. The molecule has 0 bridgehead atoms. The first kappa shape index (κ1) is 16.5. The van der Waals surface area contributed by atoms with E-state index in [2.05, 4.69) is 5.32 Å². The van der Waals surface area contributed by atoms with Gasteiger partial charge in [-0.15, -0.1) is 0 Å². The first-order valence-electron chi connectivity index (χ1n) is 6.54. The van der Waals surface area contributed by atoms with Gasteiger partial charge in [0, 0.05) is 19.2 Å². The SMILES string of the molecule is CC(C)N(CCCO)CC(=O)Nc1c(F)cccc1F. The summed E-state index contributed by atoms with van der Waals surface area (Å²) in [6, 6.07) is 3.51. The number of aliphatic hydroxyl groups excluding tert-OH is 1. The van der Waals surface area contributed by atoms with Crippen LogP contribution in [0, 0.1) is 11.6 Å². The monoisotopic (exact) mass is 286 g/mol. The number of rotatable bonds is 7. The van der Waals surface area contributed by atoms with Crippen LogP contribution in [0.3, 0.4) is 0 Å². The van der Waals surface area contributed by atoms with Crippen molar-refractivity contribution in [1.82, 2.24) is 4.90 Å². The van der Waals surface area contributed by atoms with Crippen LogP contribution in [0.4, 0.5) is 14.5 Å². The molecule has 0 saturated heterocycles. The predicted octanol–water partition coefficient (Wildman–Crippen LogP) is 2.00. The first-order valence-corrected chi connectivity index (χ1v) is 6.54. The van der Waals surface area contributed by atoms with Gasteiger partial charge in [0.2, 0.25) is 5.91 Å². The number of anilines is 1. The molecule has 0 aromatic heterocycles. The molecule has 1 aromatic rings. The van der Waals surface area contributed by atoms with Crippen LogP contribution in [-0.2, 0) is 4.79 Å². The number of carbonyl (C=O) groups excluding carboxylic acids is 1. The molecule has 0 radical (unpaired) electrons. The maximum Gasteiger partial charge on any atom is 0.238 e. The first-order chi connectivity index (χ1) is 9.45. The Morgan fingerprint density at radius 3 is 2.45 bits per heavy atom. The molecule has 1 rings (SSSR count). The van der Waals surface area contributed by atoms with E-state index in [9.17, 15) is 13.6 Å². The van der Waals surface area contributed by atoms with Crippen LogP contribution < -0.4 is 5.32 Å². The van der Waals surface area contributed by atoms with Crippen molar-refractivity contribution in [2.75, 3.05) is 25.0 Å². The standard InChI is InChI=1S/C14H20F2N2O2/c1-10(2)18(7-4-8-19)9-13(20)17-14-11(15)5-3-6-12(14)16/h3,5-6,10,19H,4,7-9H2,1-2H3,(H,17,20). The molecular formula is C14H20F2N2O2. The zero-order valence-corrected chi connectivity index (χ0v) is 11.7. The second-order valence-corrected chi connectivity index (χ2v) is 4.79. The molecule has 0 atom stereocenters. The van der Waals surface area contributed by atoms with E-state index >= 15 is 0 Å². The molecule has 0 heterocycles. The lowest BCUT2D eigenvalue weighted by Crippen LogP contribution is -2.39.